The van der Waals surface area contributed by atoms with Crippen LogP contribution in [0, 0.1) is 13.8 Å². The summed E-state index contributed by atoms with van der Waals surface area (Å²) in [5, 5.41) is 0. The van der Waals surface area contributed by atoms with Gasteiger partial charge in [0.1, 0.15) is 0 Å². The van der Waals surface area contributed by atoms with E-state index in [1.54, 1.807) is 12.1 Å². The van der Waals surface area contributed by atoms with Crippen LogP contribution in [0.2, 0.25) is 0 Å². The highest BCUT2D eigenvalue weighted by Crippen LogP contribution is 2.26. The van der Waals surface area contributed by atoms with Crippen molar-refractivity contribution in [1.29, 1.82) is 0 Å². The summed E-state index contributed by atoms with van der Waals surface area (Å²) in [7, 11) is -3.65. The average Bonchev–Trinajstić information content (AvgIpc) is 3.20. The predicted molar refractivity (Wildman–Crippen MR) is 139 cm³/mol. The summed E-state index contributed by atoms with van der Waals surface area (Å²) in [4.78, 5) is 18.2. The summed E-state index contributed by atoms with van der Waals surface area (Å²) in [5.41, 5.74) is 6.01. The van der Waals surface area contributed by atoms with Gasteiger partial charge in [0, 0.05) is 25.2 Å². The SMILES string of the molecule is CCn1c(=NC(=O)c2ccc(S(=O)(=O)N3CCc4ccccc4C3)cc2)sc2cc(C)cc(C)c21. The molecule has 0 N–H and O–H groups in total. The molecule has 1 aromatic heterocycles. The molecule has 4 aromatic rings. The van der Waals surface area contributed by atoms with Crippen LogP contribution in [0.1, 0.15) is 39.5 Å². The van der Waals surface area contributed by atoms with Crippen molar-refractivity contribution in [1.82, 2.24) is 8.87 Å². The summed E-state index contributed by atoms with van der Waals surface area (Å²) in [6.45, 7) is 7.66. The van der Waals surface area contributed by atoms with Crippen molar-refractivity contribution in [2.24, 2.45) is 4.99 Å². The number of amides is 1. The van der Waals surface area contributed by atoms with E-state index < -0.39 is 10.0 Å². The maximum atomic E-state index is 13.2. The van der Waals surface area contributed by atoms with E-state index in [0.29, 0.717) is 36.4 Å². The number of rotatable bonds is 4. The lowest BCUT2D eigenvalue weighted by Gasteiger charge is -2.28. The Morgan fingerprint density at radius 1 is 1.03 bits per heavy atom. The van der Waals surface area contributed by atoms with Gasteiger partial charge in [-0.15, -0.1) is 0 Å². The van der Waals surface area contributed by atoms with E-state index in [0.717, 1.165) is 21.3 Å². The van der Waals surface area contributed by atoms with Crippen molar-refractivity contribution in [3.8, 4) is 0 Å². The number of benzene rings is 3. The second-order valence-corrected chi connectivity index (χ2v) is 11.8. The van der Waals surface area contributed by atoms with Crippen LogP contribution in [0.15, 0.2) is 70.6 Å². The monoisotopic (exact) mass is 505 g/mol. The van der Waals surface area contributed by atoms with E-state index in [9.17, 15) is 13.2 Å². The van der Waals surface area contributed by atoms with Gasteiger partial charge in [-0.05, 0) is 79.8 Å². The first-order valence-corrected chi connectivity index (χ1v) is 13.9. The number of carbonyl (C=O) groups excluding carboxylic acids is 1. The van der Waals surface area contributed by atoms with Crippen LogP contribution in [-0.4, -0.2) is 29.7 Å². The van der Waals surface area contributed by atoms with Crippen LogP contribution in [0.4, 0.5) is 0 Å². The molecule has 0 bridgehead atoms. The maximum Gasteiger partial charge on any atom is 0.279 e. The van der Waals surface area contributed by atoms with Gasteiger partial charge in [-0.25, -0.2) is 8.42 Å². The smallest absolute Gasteiger partial charge is 0.279 e. The lowest BCUT2D eigenvalue weighted by atomic mass is 10.0. The summed E-state index contributed by atoms with van der Waals surface area (Å²) >= 11 is 1.49. The fourth-order valence-corrected chi connectivity index (χ4v) is 7.40. The molecule has 35 heavy (non-hydrogen) atoms. The minimum Gasteiger partial charge on any atom is -0.316 e. The first kappa shape index (κ1) is 23.7. The Bertz CT molecular complexity index is 1610. The molecule has 0 radical (unpaired) electrons. The summed E-state index contributed by atoms with van der Waals surface area (Å²) in [6.07, 6.45) is 0.691. The van der Waals surface area contributed by atoms with Crippen molar-refractivity contribution in [2.75, 3.05) is 6.54 Å². The molecule has 0 spiro atoms. The van der Waals surface area contributed by atoms with E-state index >= 15 is 0 Å². The molecule has 0 aliphatic carbocycles. The second kappa shape index (κ2) is 9.18. The molecule has 3 aromatic carbocycles. The Kier molecular flexibility index (Phi) is 6.21. The van der Waals surface area contributed by atoms with E-state index in [4.69, 9.17) is 0 Å². The Balaban J connectivity index is 1.43. The molecule has 0 atom stereocenters. The van der Waals surface area contributed by atoms with Gasteiger partial charge in [-0.2, -0.15) is 9.30 Å². The van der Waals surface area contributed by atoms with Crippen molar-refractivity contribution in [3.05, 3.63) is 93.3 Å². The Morgan fingerprint density at radius 3 is 2.46 bits per heavy atom. The molecule has 0 saturated carbocycles. The zero-order valence-electron chi connectivity index (χ0n) is 20.0. The van der Waals surface area contributed by atoms with Crippen LogP contribution in [0.3, 0.4) is 0 Å². The molecule has 0 unspecified atom stereocenters. The third-order valence-electron chi connectivity index (χ3n) is 6.46. The average molecular weight is 506 g/mol. The lowest BCUT2D eigenvalue weighted by molar-refractivity contribution is 0.0997. The fourth-order valence-electron chi connectivity index (χ4n) is 4.72. The molecule has 1 amide bonds. The van der Waals surface area contributed by atoms with Gasteiger partial charge in [0.2, 0.25) is 10.0 Å². The van der Waals surface area contributed by atoms with Crippen LogP contribution in [0.5, 0.6) is 0 Å². The first-order chi connectivity index (χ1) is 16.8. The topological polar surface area (TPSA) is 71.7 Å². The van der Waals surface area contributed by atoms with E-state index in [2.05, 4.69) is 35.5 Å². The van der Waals surface area contributed by atoms with Crippen LogP contribution in [0.25, 0.3) is 10.2 Å². The normalized spacial score (nSPS) is 14.9. The van der Waals surface area contributed by atoms with E-state index in [-0.39, 0.29) is 10.8 Å². The van der Waals surface area contributed by atoms with Crippen molar-refractivity contribution in [3.63, 3.8) is 0 Å². The molecule has 8 heteroatoms. The zero-order chi connectivity index (χ0) is 24.7. The van der Waals surface area contributed by atoms with Crippen molar-refractivity contribution in [2.45, 2.75) is 45.2 Å². The van der Waals surface area contributed by atoms with Gasteiger partial charge in [0.05, 0.1) is 15.1 Å². The minimum absolute atomic E-state index is 0.185. The zero-order valence-corrected chi connectivity index (χ0v) is 21.6. The lowest BCUT2D eigenvalue weighted by Crippen LogP contribution is -2.35. The summed E-state index contributed by atoms with van der Waals surface area (Å²) in [6, 6.07) is 18.3. The first-order valence-electron chi connectivity index (χ1n) is 11.6. The Hall–Kier alpha value is -3.07. The van der Waals surface area contributed by atoms with Crippen molar-refractivity contribution < 1.29 is 13.2 Å². The molecule has 2 heterocycles. The highest BCUT2D eigenvalue weighted by Gasteiger charge is 2.28. The number of aryl methyl sites for hydroxylation is 3. The van der Waals surface area contributed by atoms with Crippen LogP contribution in [-0.2, 0) is 29.5 Å². The number of carbonyl (C=O) groups is 1. The highest BCUT2D eigenvalue weighted by molar-refractivity contribution is 7.89. The van der Waals surface area contributed by atoms with E-state index in [1.807, 2.05) is 31.2 Å². The number of sulfonamides is 1. The Labute approximate surface area is 209 Å². The summed E-state index contributed by atoms with van der Waals surface area (Å²) < 4.78 is 31.1. The Morgan fingerprint density at radius 2 is 1.74 bits per heavy atom. The van der Waals surface area contributed by atoms with Crippen molar-refractivity contribution >= 4 is 37.5 Å². The predicted octanol–water partition coefficient (Wildman–Crippen LogP) is 4.83. The quantitative estimate of drug-likeness (QED) is 0.399. The molecular weight excluding hydrogens is 478 g/mol. The molecule has 180 valence electrons. The molecule has 0 fully saturated rings. The minimum atomic E-state index is -3.65. The van der Waals surface area contributed by atoms with Gasteiger partial charge in [0.25, 0.3) is 5.91 Å². The molecule has 6 nitrogen and oxygen atoms in total. The number of hydrogen-bond acceptors (Lipinski definition) is 4. The molecule has 0 saturated heterocycles. The van der Waals surface area contributed by atoms with Gasteiger partial charge in [-0.1, -0.05) is 41.7 Å². The van der Waals surface area contributed by atoms with Gasteiger partial charge >= 0.3 is 0 Å². The van der Waals surface area contributed by atoms with Gasteiger partial charge in [0.15, 0.2) is 4.80 Å². The number of thiazole rings is 1. The molecule has 1 aliphatic heterocycles. The number of hydrogen-bond donors (Lipinski definition) is 0. The third kappa shape index (κ3) is 4.37. The van der Waals surface area contributed by atoms with Gasteiger partial charge in [-0.3, -0.25) is 4.79 Å². The number of nitrogens with zero attached hydrogens (tertiary/aromatic N) is 3. The van der Waals surface area contributed by atoms with Gasteiger partial charge < -0.3 is 4.57 Å². The number of fused-ring (bicyclic) bond motifs is 2. The largest absolute Gasteiger partial charge is 0.316 e. The van der Waals surface area contributed by atoms with E-state index in [1.165, 1.54) is 38.9 Å². The second-order valence-electron chi connectivity index (χ2n) is 8.86. The van der Waals surface area contributed by atoms with Crippen LogP contribution < -0.4 is 4.80 Å². The molecule has 5 rings (SSSR count). The standard InChI is InChI=1S/C27H27N3O3S2/c1-4-30-25-19(3)15-18(2)16-24(25)34-27(30)28-26(31)21-9-11-23(12-10-21)35(32,33)29-14-13-20-7-5-6-8-22(20)17-29/h5-12,15-16H,4,13-14,17H2,1-3H3. The summed E-state index contributed by atoms with van der Waals surface area (Å²) in [5.74, 6) is -0.385. The molecule has 1 aliphatic rings. The molecular formula is C27H27N3O3S2. The number of aromatic nitrogens is 1. The maximum absolute atomic E-state index is 13.2. The fraction of sp³-hybridized carbons (Fsp3) is 0.259. The van der Waals surface area contributed by atoms with Crippen LogP contribution >= 0.6 is 11.3 Å². The third-order valence-corrected chi connectivity index (χ3v) is 9.34. The highest BCUT2D eigenvalue weighted by atomic mass is 32.2.